The Balaban J connectivity index is 1.57. The monoisotopic (exact) mass is 440 g/mol. The van der Waals surface area contributed by atoms with Gasteiger partial charge in [-0.05, 0) is 17.7 Å². The van der Waals surface area contributed by atoms with Crippen LogP contribution in [0.1, 0.15) is 11.4 Å². The molecule has 0 aliphatic rings. The number of methoxy groups -OCH3 is 1. The zero-order valence-corrected chi connectivity index (χ0v) is 18.4. The van der Waals surface area contributed by atoms with Crippen molar-refractivity contribution in [1.29, 1.82) is 0 Å². The predicted molar refractivity (Wildman–Crippen MR) is 124 cm³/mol. The second-order valence-electron chi connectivity index (χ2n) is 6.31. The number of rotatable bonds is 11. The molecule has 6 nitrogen and oxygen atoms in total. The maximum absolute atomic E-state index is 12.4. The van der Waals surface area contributed by atoms with Gasteiger partial charge in [0, 0.05) is 12.3 Å². The van der Waals surface area contributed by atoms with Crippen molar-refractivity contribution < 1.29 is 9.53 Å². The van der Waals surface area contributed by atoms with Gasteiger partial charge in [0.25, 0.3) is 0 Å². The number of benzene rings is 2. The second-order valence-corrected chi connectivity index (χ2v) is 8.24. The van der Waals surface area contributed by atoms with Gasteiger partial charge in [0.2, 0.25) is 5.91 Å². The Bertz CT molecular complexity index is 976. The summed E-state index contributed by atoms with van der Waals surface area (Å²) >= 11 is 3.14. The maximum atomic E-state index is 12.4. The van der Waals surface area contributed by atoms with E-state index >= 15 is 0 Å². The molecule has 1 heterocycles. The highest BCUT2D eigenvalue weighted by molar-refractivity contribution is 7.99. The normalized spacial score (nSPS) is 10.6. The fraction of sp³-hybridized carbons (Fsp3) is 0.227. The van der Waals surface area contributed by atoms with E-state index in [2.05, 4.69) is 34.2 Å². The number of amides is 1. The summed E-state index contributed by atoms with van der Waals surface area (Å²) in [5.74, 6) is 3.25. The van der Waals surface area contributed by atoms with Crippen LogP contribution in [0.15, 0.2) is 72.4 Å². The molecule has 0 bridgehead atoms. The standard InChI is InChI=1S/C22H24N4O2S2/c1-3-13-26-20(15-29-14-17-9-5-4-6-10-17)24-25-22(26)30-16-21(27)23-18-11-7-8-12-19(18)28-2/h3-12H,1,13-16H2,2H3,(H,23,27). The molecule has 8 heteroatoms. The molecule has 0 fully saturated rings. The van der Waals surface area contributed by atoms with Gasteiger partial charge in [-0.3, -0.25) is 4.79 Å². The Hall–Kier alpha value is -2.71. The first-order chi connectivity index (χ1) is 14.7. The summed E-state index contributed by atoms with van der Waals surface area (Å²) in [7, 11) is 1.58. The van der Waals surface area contributed by atoms with Crippen LogP contribution in [0.5, 0.6) is 5.75 Å². The van der Waals surface area contributed by atoms with Crippen LogP contribution < -0.4 is 10.1 Å². The van der Waals surface area contributed by atoms with Crippen molar-refractivity contribution in [1.82, 2.24) is 14.8 Å². The highest BCUT2D eigenvalue weighted by Gasteiger charge is 2.14. The molecule has 0 spiro atoms. The molecule has 0 radical (unpaired) electrons. The predicted octanol–water partition coefficient (Wildman–Crippen LogP) is 4.64. The van der Waals surface area contributed by atoms with Crippen molar-refractivity contribution in [3.05, 3.63) is 78.6 Å². The molecular formula is C22H24N4O2S2. The van der Waals surface area contributed by atoms with Crippen LogP contribution >= 0.6 is 23.5 Å². The van der Waals surface area contributed by atoms with E-state index < -0.39 is 0 Å². The Kier molecular flexibility index (Phi) is 8.41. The Morgan fingerprint density at radius 1 is 1.13 bits per heavy atom. The van der Waals surface area contributed by atoms with Crippen LogP contribution in [-0.4, -0.2) is 33.5 Å². The molecule has 2 aromatic carbocycles. The SMILES string of the molecule is C=CCn1c(CSCc2ccccc2)nnc1SCC(=O)Nc1ccccc1OC. The third kappa shape index (κ3) is 6.14. The fourth-order valence-electron chi connectivity index (χ4n) is 2.74. The molecular weight excluding hydrogens is 416 g/mol. The van der Waals surface area contributed by atoms with Crippen molar-refractivity contribution in [3.63, 3.8) is 0 Å². The lowest BCUT2D eigenvalue weighted by Gasteiger charge is -2.10. The quantitative estimate of drug-likeness (QED) is 0.346. The molecule has 3 aromatic rings. The number of carbonyl (C=O) groups excluding carboxylic acids is 1. The summed E-state index contributed by atoms with van der Waals surface area (Å²) in [5, 5.41) is 12.2. The van der Waals surface area contributed by atoms with E-state index in [1.807, 2.05) is 53.1 Å². The van der Waals surface area contributed by atoms with Crippen molar-refractivity contribution in [3.8, 4) is 5.75 Å². The fourth-order valence-corrected chi connectivity index (χ4v) is 4.44. The van der Waals surface area contributed by atoms with Gasteiger partial charge in [0.05, 0.1) is 24.3 Å². The molecule has 3 rings (SSSR count). The van der Waals surface area contributed by atoms with E-state index in [1.54, 1.807) is 18.9 Å². The van der Waals surface area contributed by atoms with Crippen LogP contribution in [-0.2, 0) is 22.8 Å². The molecule has 1 amide bonds. The molecule has 1 aromatic heterocycles. The van der Waals surface area contributed by atoms with E-state index in [4.69, 9.17) is 4.74 Å². The summed E-state index contributed by atoms with van der Waals surface area (Å²) in [5.41, 5.74) is 1.93. The molecule has 0 aliphatic carbocycles. The lowest BCUT2D eigenvalue weighted by molar-refractivity contribution is -0.113. The molecule has 0 saturated heterocycles. The maximum Gasteiger partial charge on any atom is 0.234 e. The number of allylic oxidation sites excluding steroid dienone is 1. The minimum Gasteiger partial charge on any atom is -0.495 e. The topological polar surface area (TPSA) is 69.0 Å². The van der Waals surface area contributed by atoms with Gasteiger partial charge in [0.15, 0.2) is 5.16 Å². The largest absolute Gasteiger partial charge is 0.495 e. The number of hydrogen-bond acceptors (Lipinski definition) is 6. The van der Waals surface area contributed by atoms with Crippen LogP contribution in [0.3, 0.4) is 0 Å². The number of nitrogens with zero attached hydrogens (tertiary/aromatic N) is 3. The van der Waals surface area contributed by atoms with E-state index in [-0.39, 0.29) is 11.7 Å². The number of para-hydroxylation sites is 2. The highest BCUT2D eigenvalue weighted by Crippen LogP contribution is 2.25. The minimum absolute atomic E-state index is 0.127. The van der Waals surface area contributed by atoms with Gasteiger partial charge in [-0.25, -0.2) is 0 Å². The molecule has 0 unspecified atom stereocenters. The van der Waals surface area contributed by atoms with Crippen LogP contribution in [0.2, 0.25) is 0 Å². The number of carbonyl (C=O) groups is 1. The van der Waals surface area contributed by atoms with Gasteiger partial charge >= 0.3 is 0 Å². The average Bonchev–Trinajstić information content (AvgIpc) is 3.15. The first-order valence-corrected chi connectivity index (χ1v) is 11.6. The number of anilines is 1. The average molecular weight is 441 g/mol. The van der Waals surface area contributed by atoms with E-state index in [0.29, 0.717) is 23.1 Å². The first kappa shape index (κ1) is 22.0. The molecule has 0 saturated carbocycles. The lowest BCUT2D eigenvalue weighted by Crippen LogP contribution is -2.15. The number of ether oxygens (including phenoxy) is 1. The van der Waals surface area contributed by atoms with Crippen LogP contribution in [0, 0.1) is 0 Å². The third-order valence-corrected chi connectivity index (χ3v) is 6.13. The summed E-state index contributed by atoms with van der Waals surface area (Å²) < 4.78 is 7.28. The Morgan fingerprint density at radius 2 is 1.90 bits per heavy atom. The van der Waals surface area contributed by atoms with Crippen LogP contribution in [0.4, 0.5) is 5.69 Å². The number of nitrogens with one attached hydrogen (secondary N) is 1. The summed E-state index contributed by atoms with van der Waals surface area (Å²) in [6.45, 7) is 4.43. The minimum atomic E-state index is -0.127. The molecule has 30 heavy (non-hydrogen) atoms. The zero-order valence-electron chi connectivity index (χ0n) is 16.8. The van der Waals surface area contributed by atoms with Crippen molar-refractivity contribution >= 4 is 35.1 Å². The van der Waals surface area contributed by atoms with Gasteiger partial charge in [-0.2, -0.15) is 0 Å². The Morgan fingerprint density at radius 3 is 2.67 bits per heavy atom. The van der Waals surface area contributed by atoms with Crippen LogP contribution in [0.25, 0.3) is 0 Å². The lowest BCUT2D eigenvalue weighted by atomic mass is 10.2. The molecule has 0 aliphatic heterocycles. The smallest absolute Gasteiger partial charge is 0.234 e. The summed E-state index contributed by atoms with van der Waals surface area (Å²) in [6.07, 6.45) is 1.81. The second kappa shape index (κ2) is 11.5. The van der Waals surface area contributed by atoms with E-state index in [1.165, 1.54) is 17.3 Å². The summed E-state index contributed by atoms with van der Waals surface area (Å²) in [4.78, 5) is 12.4. The Labute approximate surface area is 185 Å². The van der Waals surface area contributed by atoms with Crippen molar-refractivity contribution in [2.75, 3.05) is 18.2 Å². The van der Waals surface area contributed by atoms with E-state index in [9.17, 15) is 4.79 Å². The zero-order chi connectivity index (χ0) is 21.2. The third-order valence-electron chi connectivity index (χ3n) is 4.16. The van der Waals surface area contributed by atoms with Crippen molar-refractivity contribution in [2.45, 2.75) is 23.2 Å². The highest BCUT2D eigenvalue weighted by atomic mass is 32.2. The summed E-state index contributed by atoms with van der Waals surface area (Å²) in [6, 6.07) is 17.7. The van der Waals surface area contributed by atoms with Gasteiger partial charge in [0.1, 0.15) is 11.6 Å². The molecule has 156 valence electrons. The van der Waals surface area contributed by atoms with E-state index in [0.717, 1.165) is 17.3 Å². The molecule has 0 atom stereocenters. The number of thioether (sulfide) groups is 2. The molecule has 1 N–H and O–H groups in total. The van der Waals surface area contributed by atoms with Gasteiger partial charge in [-0.15, -0.1) is 28.5 Å². The number of hydrogen-bond donors (Lipinski definition) is 1. The first-order valence-electron chi connectivity index (χ1n) is 9.41. The van der Waals surface area contributed by atoms with Gasteiger partial charge in [-0.1, -0.05) is 60.3 Å². The number of aromatic nitrogens is 3. The van der Waals surface area contributed by atoms with Crippen molar-refractivity contribution in [2.24, 2.45) is 0 Å². The van der Waals surface area contributed by atoms with Gasteiger partial charge < -0.3 is 14.6 Å².